The van der Waals surface area contributed by atoms with Crippen molar-refractivity contribution < 1.29 is 4.74 Å². The van der Waals surface area contributed by atoms with E-state index in [4.69, 9.17) is 4.74 Å². The second-order valence-corrected chi connectivity index (χ2v) is 5.00. The van der Waals surface area contributed by atoms with Crippen molar-refractivity contribution in [1.29, 1.82) is 0 Å². The summed E-state index contributed by atoms with van der Waals surface area (Å²) in [5.41, 5.74) is 1.48. The van der Waals surface area contributed by atoms with E-state index in [0.717, 1.165) is 29.7 Å². The Morgan fingerprint density at radius 1 is 1.24 bits per heavy atom. The van der Waals surface area contributed by atoms with E-state index < -0.39 is 0 Å². The minimum absolute atomic E-state index is 0.371. The van der Waals surface area contributed by atoms with Crippen molar-refractivity contribution in [1.82, 2.24) is 9.55 Å². The predicted octanol–water partition coefficient (Wildman–Crippen LogP) is 1.88. The summed E-state index contributed by atoms with van der Waals surface area (Å²) in [6.45, 7) is 5.34. The van der Waals surface area contributed by atoms with Crippen LogP contribution in [0.2, 0.25) is 0 Å². The third-order valence-corrected chi connectivity index (χ3v) is 3.24. The molecule has 5 heteroatoms. The number of aromatic nitrogens is 2. The smallest absolute Gasteiger partial charge is 0.328 e. The first-order valence-electron chi connectivity index (χ1n) is 7.12. The number of ether oxygens (including phenoxy) is 1. The second-order valence-electron chi connectivity index (χ2n) is 5.00. The highest BCUT2D eigenvalue weighted by molar-refractivity contribution is 5.36. The van der Waals surface area contributed by atoms with Crippen LogP contribution in [0, 0.1) is 6.92 Å². The van der Waals surface area contributed by atoms with Gasteiger partial charge in [-0.15, -0.1) is 0 Å². The Kier molecular flexibility index (Phi) is 4.98. The normalized spacial score (nSPS) is 10.6. The lowest BCUT2D eigenvalue weighted by Crippen LogP contribution is -2.29. The Balaban J connectivity index is 2.05. The summed E-state index contributed by atoms with van der Waals surface area (Å²) in [4.78, 5) is 24.8. The first kappa shape index (κ1) is 15.1. The third-order valence-electron chi connectivity index (χ3n) is 3.24. The van der Waals surface area contributed by atoms with Crippen molar-refractivity contribution in [2.24, 2.45) is 0 Å². The fourth-order valence-corrected chi connectivity index (χ4v) is 2.11. The van der Waals surface area contributed by atoms with Crippen molar-refractivity contribution in [3.05, 3.63) is 62.4 Å². The Hall–Kier alpha value is -2.30. The third kappa shape index (κ3) is 4.08. The van der Waals surface area contributed by atoms with Gasteiger partial charge in [-0.05, 0) is 37.0 Å². The molecule has 21 heavy (non-hydrogen) atoms. The van der Waals surface area contributed by atoms with Crippen LogP contribution in [0.15, 0.2) is 40.1 Å². The van der Waals surface area contributed by atoms with E-state index in [0.29, 0.717) is 13.2 Å². The average Bonchev–Trinajstić information content (AvgIpc) is 2.45. The largest absolute Gasteiger partial charge is 0.493 e. The summed E-state index contributed by atoms with van der Waals surface area (Å²) in [5, 5.41) is 0. The molecule has 0 amide bonds. The Morgan fingerprint density at radius 3 is 2.71 bits per heavy atom. The van der Waals surface area contributed by atoms with Crippen molar-refractivity contribution in [2.75, 3.05) is 6.61 Å². The minimum Gasteiger partial charge on any atom is -0.493 e. The summed E-state index contributed by atoms with van der Waals surface area (Å²) >= 11 is 0. The van der Waals surface area contributed by atoms with Gasteiger partial charge in [-0.1, -0.05) is 19.1 Å². The van der Waals surface area contributed by atoms with Gasteiger partial charge in [0.15, 0.2) is 0 Å². The maximum absolute atomic E-state index is 11.6. The van der Waals surface area contributed by atoms with Gasteiger partial charge in [-0.3, -0.25) is 9.78 Å². The van der Waals surface area contributed by atoms with Gasteiger partial charge in [0.25, 0.3) is 5.56 Å². The zero-order chi connectivity index (χ0) is 15.2. The molecule has 1 aromatic carbocycles. The highest BCUT2D eigenvalue weighted by Crippen LogP contribution is 2.19. The number of hydrogen-bond acceptors (Lipinski definition) is 3. The predicted molar refractivity (Wildman–Crippen MR) is 82.0 cm³/mol. The fraction of sp³-hybridized carbons (Fsp3) is 0.375. The number of aryl methyl sites for hydroxylation is 3. The number of nitrogens with zero attached hydrogens (tertiary/aromatic N) is 1. The first-order valence-corrected chi connectivity index (χ1v) is 7.12. The number of benzene rings is 1. The monoisotopic (exact) mass is 288 g/mol. The van der Waals surface area contributed by atoms with Crippen LogP contribution in [0.3, 0.4) is 0 Å². The molecular weight excluding hydrogens is 268 g/mol. The summed E-state index contributed by atoms with van der Waals surface area (Å²) in [5.74, 6) is 0.904. The topological polar surface area (TPSA) is 64.1 Å². The van der Waals surface area contributed by atoms with Gasteiger partial charge < -0.3 is 9.30 Å². The summed E-state index contributed by atoms with van der Waals surface area (Å²) in [6, 6.07) is 7.40. The van der Waals surface area contributed by atoms with Gasteiger partial charge in [0.1, 0.15) is 5.75 Å². The minimum atomic E-state index is -0.373. The van der Waals surface area contributed by atoms with Gasteiger partial charge in [-0.25, -0.2) is 4.79 Å². The van der Waals surface area contributed by atoms with Crippen molar-refractivity contribution in [2.45, 2.75) is 33.2 Å². The standard InChI is InChI=1S/C16H20N2O3/c1-3-10-21-14-5-4-13(11-12(14)2)6-8-18-9-7-15(19)17-16(18)20/h4-5,7,9,11H,3,6,8,10H2,1-2H3,(H,17,19,20). The summed E-state index contributed by atoms with van der Waals surface area (Å²) < 4.78 is 7.14. The van der Waals surface area contributed by atoms with Crippen LogP contribution in [0.4, 0.5) is 0 Å². The van der Waals surface area contributed by atoms with Crippen LogP contribution in [-0.2, 0) is 13.0 Å². The molecular formula is C16H20N2O3. The van der Waals surface area contributed by atoms with Crippen LogP contribution in [0.5, 0.6) is 5.75 Å². The van der Waals surface area contributed by atoms with E-state index in [1.807, 2.05) is 19.1 Å². The van der Waals surface area contributed by atoms with Crippen molar-refractivity contribution >= 4 is 0 Å². The molecule has 0 aliphatic rings. The van der Waals surface area contributed by atoms with Gasteiger partial charge in [0, 0.05) is 18.8 Å². The molecule has 0 aliphatic heterocycles. The van der Waals surface area contributed by atoms with E-state index in [9.17, 15) is 9.59 Å². The maximum atomic E-state index is 11.6. The van der Waals surface area contributed by atoms with E-state index in [1.165, 1.54) is 16.8 Å². The maximum Gasteiger partial charge on any atom is 0.328 e. The molecule has 0 spiro atoms. The van der Waals surface area contributed by atoms with Crippen LogP contribution in [0.1, 0.15) is 24.5 Å². The zero-order valence-electron chi connectivity index (χ0n) is 12.4. The molecule has 0 aliphatic carbocycles. The molecule has 112 valence electrons. The van der Waals surface area contributed by atoms with E-state index in [1.54, 1.807) is 0 Å². The fourth-order valence-electron chi connectivity index (χ4n) is 2.11. The van der Waals surface area contributed by atoms with Gasteiger partial charge in [0.05, 0.1) is 6.61 Å². The molecule has 0 fully saturated rings. The lowest BCUT2D eigenvalue weighted by Gasteiger charge is -2.10. The molecule has 0 bridgehead atoms. The summed E-state index contributed by atoms with van der Waals surface area (Å²) in [7, 11) is 0. The zero-order valence-corrected chi connectivity index (χ0v) is 12.4. The highest BCUT2D eigenvalue weighted by atomic mass is 16.5. The Bertz CT molecular complexity index is 716. The van der Waals surface area contributed by atoms with Crippen molar-refractivity contribution in [3.8, 4) is 5.75 Å². The molecule has 2 rings (SSSR count). The molecule has 1 aromatic heterocycles. The molecule has 5 nitrogen and oxygen atoms in total. The van der Waals surface area contributed by atoms with E-state index >= 15 is 0 Å². The molecule has 0 saturated carbocycles. The SMILES string of the molecule is CCCOc1ccc(CCn2ccc(=O)[nH]c2=O)cc1C. The lowest BCUT2D eigenvalue weighted by molar-refractivity contribution is 0.315. The van der Waals surface area contributed by atoms with Crippen LogP contribution < -0.4 is 16.0 Å². The molecule has 0 radical (unpaired) electrons. The number of aromatic amines is 1. The number of hydrogen-bond donors (Lipinski definition) is 1. The molecule has 1 N–H and O–H groups in total. The number of rotatable bonds is 6. The van der Waals surface area contributed by atoms with Gasteiger partial charge >= 0.3 is 5.69 Å². The van der Waals surface area contributed by atoms with Crippen molar-refractivity contribution in [3.63, 3.8) is 0 Å². The van der Waals surface area contributed by atoms with Crippen LogP contribution >= 0.6 is 0 Å². The molecule has 1 heterocycles. The van der Waals surface area contributed by atoms with Gasteiger partial charge in [0.2, 0.25) is 0 Å². The molecule has 0 atom stereocenters. The Morgan fingerprint density at radius 2 is 2.05 bits per heavy atom. The van der Waals surface area contributed by atoms with Gasteiger partial charge in [-0.2, -0.15) is 0 Å². The molecule has 0 unspecified atom stereocenters. The number of H-pyrrole nitrogens is 1. The lowest BCUT2D eigenvalue weighted by atomic mass is 10.1. The highest BCUT2D eigenvalue weighted by Gasteiger charge is 2.02. The molecule has 2 aromatic rings. The Labute approximate surface area is 123 Å². The van der Waals surface area contributed by atoms with Crippen LogP contribution in [-0.4, -0.2) is 16.2 Å². The van der Waals surface area contributed by atoms with Crippen LogP contribution in [0.25, 0.3) is 0 Å². The average molecular weight is 288 g/mol. The second kappa shape index (κ2) is 6.92. The first-order chi connectivity index (χ1) is 10.1. The molecule has 0 saturated heterocycles. The van der Waals surface area contributed by atoms with E-state index in [-0.39, 0.29) is 11.2 Å². The summed E-state index contributed by atoms with van der Waals surface area (Å²) in [6.07, 6.45) is 3.23. The van der Waals surface area contributed by atoms with E-state index in [2.05, 4.69) is 18.0 Å². The quantitative estimate of drug-likeness (QED) is 0.882. The number of nitrogens with one attached hydrogen (secondary N) is 1.